The van der Waals surface area contributed by atoms with E-state index in [0.29, 0.717) is 0 Å². The second-order valence-corrected chi connectivity index (χ2v) is 5.79. The van der Waals surface area contributed by atoms with Crippen LogP contribution < -0.4 is 5.32 Å². The lowest BCUT2D eigenvalue weighted by atomic mass is 10.1. The highest BCUT2D eigenvalue weighted by atomic mass is 35.5. The van der Waals surface area contributed by atoms with E-state index in [2.05, 4.69) is 28.2 Å². The third kappa shape index (κ3) is 3.00. The molecular weight excluding hydrogens is 254 g/mol. The van der Waals surface area contributed by atoms with E-state index in [1.807, 2.05) is 7.05 Å². The molecule has 0 aromatic carbocycles. The number of anilines is 1. The van der Waals surface area contributed by atoms with Crippen LogP contribution in [0, 0.1) is 0 Å². The summed E-state index contributed by atoms with van der Waals surface area (Å²) >= 11 is 7.74. The van der Waals surface area contributed by atoms with Gasteiger partial charge in [-0.3, -0.25) is 4.90 Å². The summed E-state index contributed by atoms with van der Waals surface area (Å²) in [5.74, 6) is 0. The highest BCUT2D eigenvalue weighted by Gasteiger charge is 2.18. The molecule has 3 nitrogen and oxygen atoms in total. The summed E-state index contributed by atoms with van der Waals surface area (Å²) in [5.41, 5.74) is 2.23. The van der Waals surface area contributed by atoms with Crippen LogP contribution in [0.15, 0.2) is 6.08 Å². The molecule has 0 aliphatic carbocycles. The Labute approximate surface area is 111 Å². The van der Waals surface area contributed by atoms with Crippen molar-refractivity contribution in [3.8, 4) is 0 Å². The van der Waals surface area contributed by atoms with Crippen molar-refractivity contribution in [2.24, 2.45) is 0 Å². The van der Waals surface area contributed by atoms with Gasteiger partial charge in [-0.15, -0.1) is 0 Å². The predicted octanol–water partition coefficient (Wildman–Crippen LogP) is 3.34. The highest BCUT2D eigenvalue weighted by molar-refractivity contribution is 7.19. The molecule has 0 radical (unpaired) electrons. The zero-order chi connectivity index (χ0) is 12.3. The number of aromatic nitrogens is 1. The first-order valence-corrected chi connectivity index (χ1v) is 7.20. The standard InChI is InChI=1S/C12H18ClN3S/c1-3-6-16-7-4-5-9(8-16)10-11(13)17-12(14-2)15-10/h5H,3-4,6-8H2,1-2H3,(H,14,15). The summed E-state index contributed by atoms with van der Waals surface area (Å²) in [6.45, 7) is 5.49. The molecule has 0 saturated heterocycles. The summed E-state index contributed by atoms with van der Waals surface area (Å²) in [6.07, 6.45) is 4.56. The first-order chi connectivity index (χ1) is 8.24. The Hall–Kier alpha value is -0.580. The van der Waals surface area contributed by atoms with Crippen LogP contribution in [0.4, 0.5) is 5.13 Å². The van der Waals surface area contributed by atoms with Crippen molar-refractivity contribution in [1.29, 1.82) is 0 Å². The van der Waals surface area contributed by atoms with Crippen LogP contribution in [0.2, 0.25) is 4.34 Å². The van der Waals surface area contributed by atoms with Gasteiger partial charge in [0.15, 0.2) is 5.13 Å². The van der Waals surface area contributed by atoms with Crippen molar-refractivity contribution >= 4 is 33.6 Å². The van der Waals surface area contributed by atoms with E-state index in [1.54, 1.807) is 0 Å². The summed E-state index contributed by atoms with van der Waals surface area (Å²) in [4.78, 5) is 6.99. The van der Waals surface area contributed by atoms with Crippen molar-refractivity contribution < 1.29 is 0 Å². The van der Waals surface area contributed by atoms with E-state index in [4.69, 9.17) is 11.6 Å². The third-order valence-corrected chi connectivity index (χ3v) is 4.15. The molecule has 1 aromatic rings. The summed E-state index contributed by atoms with van der Waals surface area (Å²) < 4.78 is 0.791. The highest BCUT2D eigenvalue weighted by Crippen LogP contribution is 2.33. The molecule has 17 heavy (non-hydrogen) atoms. The average Bonchev–Trinajstić information content (AvgIpc) is 2.71. The first-order valence-electron chi connectivity index (χ1n) is 6.00. The minimum absolute atomic E-state index is 0.791. The molecule has 0 amide bonds. The molecular formula is C12H18ClN3S. The fraction of sp³-hybridized carbons (Fsp3) is 0.583. The molecule has 5 heteroatoms. The maximum atomic E-state index is 6.24. The van der Waals surface area contributed by atoms with Crippen LogP contribution in [0.3, 0.4) is 0 Å². The van der Waals surface area contributed by atoms with Crippen LogP contribution >= 0.6 is 22.9 Å². The normalized spacial score (nSPS) is 17.0. The zero-order valence-corrected chi connectivity index (χ0v) is 11.9. The van der Waals surface area contributed by atoms with E-state index in [0.717, 1.165) is 41.2 Å². The molecule has 1 N–H and O–H groups in total. The van der Waals surface area contributed by atoms with E-state index in [9.17, 15) is 0 Å². The Morgan fingerprint density at radius 3 is 3.06 bits per heavy atom. The lowest BCUT2D eigenvalue weighted by Gasteiger charge is -2.26. The molecule has 94 valence electrons. The van der Waals surface area contributed by atoms with Gasteiger partial charge in [-0.05, 0) is 25.0 Å². The van der Waals surface area contributed by atoms with Gasteiger partial charge in [-0.1, -0.05) is 35.9 Å². The second kappa shape index (κ2) is 5.85. The molecule has 0 bridgehead atoms. The third-order valence-electron chi connectivity index (χ3n) is 2.87. The number of hydrogen-bond acceptors (Lipinski definition) is 4. The number of halogens is 1. The molecule has 2 rings (SSSR count). The van der Waals surface area contributed by atoms with Crippen molar-refractivity contribution in [2.75, 3.05) is 32.0 Å². The Kier molecular flexibility index (Phi) is 4.42. The number of rotatable bonds is 4. The lowest BCUT2D eigenvalue weighted by Crippen LogP contribution is -2.30. The molecule has 0 unspecified atom stereocenters. The fourth-order valence-electron chi connectivity index (χ4n) is 2.09. The van der Waals surface area contributed by atoms with Crippen LogP contribution in [0.25, 0.3) is 5.57 Å². The van der Waals surface area contributed by atoms with Gasteiger partial charge in [0.2, 0.25) is 0 Å². The van der Waals surface area contributed by atoms with Crippen molar-refractivity contribution in [2.45, 2.75) is 19.8 Å². The quantitative estimate of drug-likeness (QED) is 0.910. The van der Waals surface area contributed by atoms with Gasteiger partial charge in [-0.2, -0.15) is 0 Å². The predicted molar refractivity (Wildman–Crippen MR) is 76.0 cm³/mol. The summed E-state index contributed by atoms with van der Waals surface area (Å²) in [5, 5.41) is 3.93. The van der Waals surface area contributed by atoms with E-state index >= 15 is 0 Å². The molecule has 1 aromatic heterocycles. The van der Waals surface area contributed by atoms with Crippen LogP contribution in [0.1, 0.15) is 25.5 Å². The number of hydrogen-bond donors (Lipinski definition) is 1. The average molecular weight is 272 g/mol. The number of nitrogens with one attached hydrogen (secondary N) is 1. The number of thiazole rings is 1. The minimum atomic E-state index is 0.791. The molecule has 0 fully saturated rings. The topological polar surface area (TPSA) is 28.2 Å². The van der Waals surface area contributed by atoms with Gasteiger partial charge in [0.25, 0.3) is 0 Å². The minimum Gasteiger partial charge on any atom is -0.365 e. The second-order valence-electron chi connectivity index (χ2n) is 4.19. The Bertz CT molecular complexity index is 414. The maximum Gasteiger partial charge on any atom is 0.184 e. The Morgan fingerprint density at radius 1 is 1.59 bits per heavy atom. The molecule has 1 aliphatic rings. The lowest BCUT2D eigenvalue weighted by molar-refractivity contribution is 0.305. The molecule has 2 heterocycles. The van der Waals surface area contributed by atoms with Gasteiger partial charge in [0.1, 0.15) is 4.34 Å². The van der Waals surface area contributed by atoms with E-state index < -0.39 is 0 Å². The van der Waals surface area contributed by atoms with Gasteiger partial charge in [0.05, 0.1) is 5.69 Å². The van der Waals surface area contributed by atoms with E-state index in [1.165, 1.54) is 23.3 Å². The zero-order valence-electron chi connectivity index (χ0n) is 10.3. The van der Waals surface area contributed by atoms with Gasteiger partial charge in [0, 0.05) is 20.1 Å². The van der Waals surface area contributed by atoms with Crippen molar-refractivity contribution in [3.05, 3.63) is 16.1 Å². The molecule has 0 spiro atoms. The smallest absolute Gasteiger partial charge is 0.184 e. The molecule has 1 aliphatic heterocycles. The summed E-state index contributed by atoms with van der Waals surface area (Å²) in [6, 6.07) is 0. The van der Waals surface area contributed by atoms with Gasteiger partial charge < -0.3 is 5.32 Å². The van der Waals surface area contributed by atoms with Gasteiger partial charge in [-0.25, -0.2) is 4.98 Å². The van der Waals surface area contributed by atoms with Crippen molar-refractivity contribution in [3.63, 3.8) is 0 Å². The number of nitrogens with zero attached hydrogens (tertiary/aromatic N) is 2. The van der Waals surface area contributed by atoms with Crippen LogP contribution in [0.5, 0.6) is 0 Å². The van der Waals surface area contributed by atoms with Gasteiger partial charge >= 0.3 is 0 Å². The SMILES string of the molecule is CCCN1CCC=C(c2nc(NC)sc2Cl)C1. The Balaban J connectivity index is 2.15. The fourth-order valence-corrected chi connectivity index (χ4v) is 3.16. The maximum absolute atomic E-state index is 6.24. The Morgan fingerprint density at radius 2 is 2.41 bits per heavy atom. The van der Waals surface area contributed by atoms with Crippen LogP contribution in [-0.2, 0) is 0 Å². The summed E-state index contributed by atoms with van der Waals surface area (Å²) in [7, 11) is 1.87. The molecule has 0 saturated carbocycles. The first kappa shape index (κ1) is 12.9. The van der Waals surface area contributed by atoms with E-state index in [-0.39, 0.29) is 0 Å². The van der Waals surface area contributed by atoms with Crippen molar-refractivity contribution in [1.82, 2.24) is 9.88 Å². The largest absolute Gasteiger partial charge is 0.365 e. The monoisotopic (exact) mass is 271 g/mol. The molecule has 0 atom stereocenters. The van der Waals surface area contributed by atoms with Crippen LogP contribution in [-0.4, -0.2) is 36.6 Å².